The minimum Gasteiger partial charge on any atom is -0.461 e. The van der Waals surface area contributed by atoms with Gasteiger partial charge in [0.25, 0.3) is 0 Å². The Balaban J connectivity index is 2.23. The molecule has 4 heteroatoms. The first-order valence-corrected chi connectivity index (χ1v) is 6.39. The molecule has 0 radical (unpaired) electrons. The molecule has 0 spiro atoms. The fourth-order valence-corrected chi connectivity index (χ4v) is 1.69. The van der Waals surface area contributed by atoms with Gasteiger partial charge in [-0.25, -0.2) is 4.79 Å². The molecule has 0 saturated carbocycles. The number of carbonyl (C=O) groups is 1. The standard InChI is InChI=1S/C14H22N2O2/c1-3-4-11(2)16-9-10-18-14(17)12-5-7-13(15)8-6-12/h5-8,11,16H,3-4,9-10,15H2,1-2H3. The highest BCUT2D eigenvalue weighted by molar-refractivity contribution is 5.89. The van der Waals surface area contributed by atoms with Crippen molar-refractivity contribution in [2.45, 2.75) is 32.7 Å². The van der Waals surface area contributed by atoms with Crippen molar-refractivity contribution in [1.82, 2.24) is 5.32 Å². The van der Waals surface area contributed by atoms with Gasteiger partial charge in [-0.15, -0.1) is 0 Å². The minimum atomic E-state index is -0.306. The number of ether oxygens (including phenoxy) is 1. The normalized spacial score (nSPS) is 12.1. The summed E-state index contributed by atoms with van der Waals surface area (Å²) in [5.41, 5.74) is 6.72. The highest BCUT2D eigenvalue weighted by Gasteiger charge is 2.06. The average Bonchev–Trinajstić information content (AvgIpc) is 2.35. The third-order valence-corrected chi connectivity index (χ3v) is 2.70. The van der Waals surface area contributed by atoms with Gasteiger partial charge in [0.2, 0.25) is 0 Å². The number of nitrogen functional groups attached to an aromatic ring is 1. The number of nitrogens with one attached hydrogen (secondary N) is 1. The SMILES string of the molecule is CCCC(C)NCCOC(=O)c1ccc(N)cc1. The quantitative estimate of drug-likeness (QED) is 0.442. The minimum absolute atomic E-state index is 0.306. The van der Waals surface area contributed by atoms with E-state index in [0.717, 1.165) is 12.8 Å². The predicted molar refractivity (Wildman–Crippen MR) is 73.5 cm³/mol. The molecule has 1 aromatic carbocycles. The van der Waals surface area contributed by atoms with Crippen LogP contribution >= 0.6 is 0 Å². The number of rotatable bonds is 7. The summed E-state index contributed by atoms with van der Waals surface area (Å²) in [4.78, 5) is 11.6. The van der Waals surface area contributed by atoms with Crippen LogP contribution in [0.25, 0.3) is 0 Å². The molecule has 1 rings (SSSR count). The van der Waals surface area contributed by atoms with Gasteiger partial charge in [-0.1, -0.05) is 13.3 Å². The molecular weight excluding hydrogens is 228 g/mol. The molecule has 18 heavy (non-hydrogen) atoms. The van der Waals surface area contributed by atoms with Crippen LogP contribution in [0, 0.1) is 0 Å². The molecule has 0 aliphatic heterocycles. The Labute approximate surface area is 109 Å². The number of benzene rings is 1. The zero-order chi connectivity index (χ0) is 13.4. The zero-order valence-corrected chi connectivity index (χ0v) is 11.1. The Kier molecular flexibility index (Phi) is 6.22. The third-order valence-electron chi connectivity index (χ3n) is 2.70. The van der Waals surface area contributed by atoms with E-state index in [4.69, 9.17) is 10.5 Å². The van der Waals surface area contributed by atoms with Gasteiger partial charge in [0.15, 0.2) is 0 Å². The first kappa shape index (κ1) is 14.5. The highest BCUT2D eigenvalue weighted by atomic mass is 16.5. The molecule has 4 nitrogen and oxygen atoms in total. The molecule has 100 valence electrons. The predicted octanol–water partition coefficient (Wildman–Crippen LogP) is 2.20. The van der Waals surface area contributed by atoms with Crippen LogP contribution in [0.4, 0.5) is 5.69 Å². The van der Waals surface area contributed by atoms with Crippen LogP contribution in [0.5, 0.6) is 0 Å². The zero-order valence-electron chi connectivity index (χ0n) is 11.1. The monoisotopic (exact) mass is 250 g/mol. The maximum absolute atomic E-state index is 11.6. The molecule has 0 amide bonds. The van der Waals surface area contributed by atoms with Gasteiger partial charge < -0.3 is 15.8 Å². The lowest BCUT2D eigenvalue weighted by Crippen LogP contribution is -2.29. The molecule has 0 fully saturated rings. The van der Waals surface area contributed by atoms with Crippen LogP contribution in [-0.4, -0.2) is 25.2 Å². The van der Waals surface area contributed by atoms with Crippen molar-refractivity contribution in [3.63, 3.8) is 0 Å². The van der Waals surface area contributed by atoms with Gasteiger partial charge in [0, 0.05) is 18.3 Å². The second-order valence-corrected chi connectivity index (χ2v) is 4.40. The lowest BCUT2D eigenvalue weighted by Gasteiger charge is -2.12. The molecule has 1 atom stereocenters. The summed E-state index contributed by atoms with van der Waals surface area (Å²) in [7, 11) is 0. The molecule has 1 aromatic rings. The summed E-state index contributed by atoms with van der Waals surface area (Å²) in [6, 6.07) is 7.19. The van der Waals surface area contributed by atoms with E-state index in [9.17, 15) is 4.79 Å². The summed E-state index contributed by atoms with van der Waals surface area (Å²) in [5, 5.41) is 3.30. The fourth-order valence-electron chi connectivity index (χ4n) is 1.69. The summed E-state index contributed by atoms with van der Waals surface area (Å²) >= 11 is 0. The van der Waals surface area contributed by atoms with Crippen LogP contribution in [0.15, 0.2) is 24.3 Å². The molecule has 1 unspecified atom stereocenters. The van der Waals surface area contributed by atoms with Crippen molar-refractivity contribution in [3.8, 4) is 0 Å². The molecule has 0 saturated heterocycles. The van der Waals surface area contributed by atoms with E-state index >= 15 is 0 Å². The second kappa shape index (κ2) is 7.71. The van der Waals surface area contributed by atoms with E-state index < -0.39 is 0 Å². The van der Waals surface area contributed by atoms with E-state index in [1.807, 2.05) is 0 Å². The number of esters is 1. The van der Waals surface area contributed by atoms with Crippen LogP contribution < -0.4 is 11.1 Å². The molecule has 0 heterocycles. The van der Waals surface area contributed by atoms with E-state index in [2.05, 4.69) is 19.2 Å². The summed E-state index contributed by atoms with van der Waals surface area (Å²) in [5.74, 6) is -0.306. The van der Waals surface area contributed by atoms with Gasteiger partial charge in [0.1, 0.15) is 6.61 Å². The summed E-state index contributed by atoms with van der Waals surface area (Å²) in [6.07, 6.45) is 2.28. The average molecular weight is 250 g/mol. The Hall–Kier alpha value is -1.55. The lowest BCUT2D eigenvalue weighted by atomic mass is 10.2. The fraction of sp³-hybridized carbons (Fsp3) is 0.500. The Morgan fingerprint density at radius 3 is 2.67 bits per heavy atom. The third kappa shape index (κ3) is 5.19. The first-order chi connectivity index (χ1) is 8.63. The van der Waals surface area contributed by atoms with Crippen LogP contribution in [0.3, 0.4) is 0 Å². The number of nitrogens with two attached hydrogens (primary N) is 1. The van der Waals surface area contributed by atoms with Crippen molar-refractivity contribution in [2.75, 3.05) is 18.9 Å². The Morgan fingerprint density at radius 1 is 1.39 bits per heavy atom. The van der Waals surface area contributed by atoms with E-state index in [-0.39, 0.29) is 5.97 Å². The van der Waals surface area contributed by atoms with Crippen molar-refractivity contribution in [1.29, 1.82) is 0 Å². The number of hydrogen-bond donors (Lipinski definition) is 2. The molecule has 0 aliphatic carbocycles. The van der Waals surface area contributed by atoms with Gasteiger partial charge in [-0.05, 0) is 37.6 Å². The van der Waals surface area contributed by atoms with Crippen LogP contribution in [0.2, 0.25) is 0 Å². The lowest BCUT2D eigenvalue weighted by molar-refractivity contribution is 0.0506. The van der Waals surface area contributed by atoms with Crippen molar-refractivity contribution in [2.24, 2.45) is 0 Å². The topological polar surface area (TPSA) is 64.3 Å². The Bertz CT molecular complexity index is 363. The van der Waals surface area contributed by atoms with E-state index in [1.54, 1.807) is 24.3 Å². The van der Waals surface area contributed by atoms with Gasteiger partial charge in [-0.2, -0.15) is 0 Å². The van der Waals surface area contributed by atoms with Gasteiger partial charge >= 0.3 is 5.97 Å². The van der Waals surface area contributed by atoms with E-state index in [1.165, 1.54) is 0 Å². The number of anilines is 1. The van der Waals surface area contributed by atoms with Gasteiger partial charge in [0.05, 0.1) is 5.56 Å². The van der Waals surface area contributed by atoms with Gasteiger partial charge in [-0.3, -0.25) is 0 Å². The second-order valence-electron chi connectivity index (χ2n) is 4.40. The van der Waals surface area contributed by atoms with Crippen LogP contribution in [-0.2, 0) is 4.74 Å². The molecule has 3 N–H and O–H groups in total. The molecule has 0 aliphatic rings. The smallest absolute Gasteiger partial charge is 0.338 e. The first-order valence-electron chi connectivity index (χ1n) is 6.39. The maximum atomic E-state index is 11.6. The number of carbonyl (C=O) groups excluding carboxylic acids is 1. The summed E-state index contributed by atoms with van der Waals surface area (Å²) in [6.45, 7) is 5.35. The largest absolute Gasteiger partial charge is 0.461 e. The summed E-state index contributed by atoms with van der Waals surface area (Å²) < 4.78 is 5.15. The molecular formula is C14H22N2O2. The molecule has 0 aromatic heterocycles. The highest BCUT2D eigenvalue weighted by Crippen LogP contribution is 2.06. The Morgan fingerprint density at radius 2 is 2.06 bits per heavy atom. The van der Waals surface area contributed by atoms with E-state index in [0.29, 0.717) is 30.4 Å². The van der Waals surface area contributed by atoms with Crippen molar-refractivity contribution >= 4 is 11.7 Å². The van der Waals surface area contributed by atoms with Crippen LogP contribution in [0.1, 0.15) is 37.0 Å². The molecule has 0 bridgehead atoms. The van der Waals surface area contributed by atoms with Crippen molar-refractivity contribution < 1.29 is 9.53 Å². The maximum Gasteiger partial charge on any atom is 0.338 e. The van der Waals surface area contributed by atoms with Crippen molar-refractivity contribution in [3.05, 3.63) is 29.8 Å². The number of hydrogen-bond acceptors (Lipinski definition) is 4.